The lowest BCUT2D eigenvalue weighted by atomic mass is 9.91. The average molecular weight is 345 g/mol. The van der Waals surface area contributed by atoms with E-state index in [-0.39, 0.29) is 12.5 Å². The molecule has 136 valence electrons. The van der Waals surface area contributed by atoms with Crippen LogP contribution in [0.15, 0.2) is 24.3 Å². The maximum absolute atomic E-state index is 12.8. The highest BCUT2D eigenvalue weighted by Crippen LogP contribution is 2.29. The maximum atomic E-state index is 12.8. The minimum absolute atomic E-state index is 0.286. The molecule has 0 aromatic heterocycles. The fourth-order valence-corrected chi connectivity index (χ4v) is 2.93. The van der Waals surface area contributed by atoms with E-state index in [1.54, 1.807) is 6.92 Å². The highest BCUT2D eigenvalue weighted by molar-refractivity contribution is 6.09. The number of aryl methyl sites for hydroxylation is 1. The predicted molar refractivity (Wildman–Crippen MR) is 95.9 cm³/mol. The normalized spacial score (nSPS) is 20.6. The first-order valence-electron chi connectivity index (χ1n) is 8.61. The van der Waals surface area contributed by atoms with E-state index in [4.69, 9.17) is 0 Å². The second kappa shape index (κ2) is 6.86. The van der Waals surface area contributed by atoms with Crippen LogP contribution in [0.1, 0.15) is 52.2 Å². The summed E-state index contributed by atoms with van der Waals surface area (Å²) in [4.78, 5) is 38.1. The Morgan fingerprint density at radius 2 is 1.80 bits per heavy atom. The summed E-state index contributed by atoms with van der Waals surface area (Å²) in [7, 11) is 0. The summed E-state index contributed by atoms with van der Waals surface area (Å²) in [5.41, 5.74) is 0.330. The van der Waals surface area contributed by atoms with E-state index >= 15 is 0 Å². The van der Waals surface area contributed by atoms with Gasteiger partial charge in [-0.05, 0) is 45.2 Å². The van der Waals surface area contributed by atoms with Crippen LogP contribution in [0.25, 0.3) is 0 Å². The van der Waals surface area contributed by atoms with Crippen LogP contribution in [0.3, 0.4) is 0 Å². The molecular formula is C19H27N3O3. The van der Waals surface area contributed by atoms with Crippen LogP contribution >= 0.6 is 0 Å². The Morgan fingerprint density at radius 3 is 2.32 bits per heavy atom. The van der Waals surface area contributed by atoms with Crippen LogP contribution in [0.5, 0.6) is 0 Å². The molecule has 4 amide bonds. The molecule has 0 aliphatic carbocycles. The summed E-state index contributed by atoms with van der Waals surface area (Å²) in [5, 5.41) is 5.49. The molecule has 25 heavy (non-hydrogen) atoms. The molecule has 1 saturated heterocycles. The van der Waals surface area contributed by atoms with Crippen LogP contribution in [0, 0.1) is 0 Å². The van der Waals surface area contributed by atoms with Crippen molar-refractivity contribution in [1.29, 1.82) is 0 Å². The first-order valence-corrected chi connectivity index (χ1v) is 8.61. The van der Waals surface area contributed by atoms with Crippen molar-refractivity contribution in [2.24, 2.45) is 0 Å². The molecule has 1 aromatic rings. The van der Waals surface area contributed by atoms with Gasteiger partial charge in [0, 0.05) is 5.54 Å². The van der Waals surface area contributed by atoms with Gasteiger partial charge in [-0.15, -0.1) is 0 Å². The quantitative estimate of drug-likeness (QED) is 0.804. The van der Waals surface area contributed by atoms with Crippen molar-refractivity contribution >= 4 is 17.8 Å². The second-order valence-electron chi connectivity index (χ2n) is 7.69. The fourth-order valence-electron chi connectivity index (χ4n) is 2.93. The number of carbonyl (C=O) groups is 3. The van der Waals surface area contributed by atoms with E-state index in [1.807, 2.05) is 45.0 Å². The number of benzene rings is 1. The minimum atomic E-state index is -1.15. The number of hydrogen-bond donors (Lipinski definition) is 2. The third-order valence-corrected chi connectivity index (χ3v) is 4.16. The first-order chi connectivity index (χ1) is 11.6. The van der Waals surface area contributed by atoms with Gasteiger partial charge in [0.2, 0.25) is 5.91 Å². The number of nitrogens with zero attached hydrogens (tertiary/aromatic N) is 1. The first kappa shape index (κ1) is 19.0. The molecule has 1 aliphatic heterocycles. The van der Waals surface area contributed by atoms with Gasteiger partial charge in [-0.1, -0.05) is 37.6 Å². The SMILES string of the molecule is CCCc1ccc(C2(C)NC(=O)N(CC(=O)NC(C)(C)C)C2=O)cc1. The smallest absolute Gasteiger partial charge is 0.325 e. The molecule has 0 saturated carbocycles. The van der Waals surface area contributed by atoms with Crippen molar-refractivity contribution in [2.45, 2.75) is 58.5 Å². The molecule has 1 aliphatic rings. The van der Waals surface area contributed by atoms with Crippen molar-refractivity contribution < 1.29 is 14.4 Å². The molecule has 2 rings (SSSR count). The van der Waals surface area contributed by atoms with Gasteiger partial charge in [0.05, 0.1) is 0 Å². The van der Waals surface area contributed by atoms with Gasteiger partial charge >= 0.3 is 6.03 Å². The largest absolute Gasteiger partial charge is 0.350 e. The van der Waals surface area contributed by atoms with E-state index in [9.17, 15) is 14.4 Å². The number of hydrogen-bond acceptors (Lipinski definition) is 3. The lowest BCUT2D eigenvalue weighted by Crippen LogP contribution is -2.48. The second-order valence-corrected chi connectivity index (χ2v) is 7.69. The number of carbonyl (C=O) groups excluding carboxylic acids is 3. The summed E-state index contributed by atoms with van der Waals surface area (Å²) >= 11 is 0. The summed E-state index contributed by atoms with van der Waals surface area (Å²) in [5.74, 6) is -0.775. The van der Waals surface area contributed by atoms with Gasteiger partial charge in [0.1, 0.15) is 12.1 Å². The number of imide groups is 1. The molecule has 6 heteroatoms. The fraction of sp³-hybridized carbons (Fsp3) is 0.526. The number of urea groups is 1. The van der Waals surface area contributed by atoms with Crippen LogP contribution in [-0.2, 0) is 21.5 Å². The number of nitrogens with one attached hydrogen (secondary N) is 2. The average Bonchev–Trinajstić information content (AvgIpc) is 2.71. The van der Waals surface area contributed by atoms with E-state index in [0.717, 1.165) is 17.7 Å². The van der Waals surface area contributed by atoms with E-state index in [2.05, 4.69) is 17.6 Å². The van der Waals surface area contributed by atoms with Crippen molar-refractivity contribution in [3.05, 3.63) is 35.4 Å². The van der Waals surface area contributed by atoms with Gasteiger partial charge in [-0.3, -0.25) is 14.5 Å². The van der Waals surface area contributed by atoms with Crippen molar-refractivity contribution in [1.82, 2.24) is 15.5 Å². The third-order valence-electron chi connectivity index (χ3n) is 4.16. The Kier molecular flexibility index (Phi) is 5.20. The Hall–Kier alpha value is -2.37. The van der Waals surface area contributed by atoms with Gasteiger partial charge in [0.25, 0.3) is 5.91 Å². The zero-order chi connectivity index (χ0) is 18.8. The summed E-state index contributed by atoms with van der Waals surface area (Å²) in [6, 6.07) is 7.12. The molecule has 6 nitrogen and oxygen atoms in total. The van der Waals surface area contributed by atoms with E-state index in [1.165, 1.54) is 5.56 Å². The van der Waals surface area contributed by atoms with Gasteiger partial charge in [-0.25, -0.2) is 4.79 Å². The lowest BCUT2D eigenvalue weighted by Gasteiger charge is -2.24. The topological polar surface area (TPSA) is 78.5 Å². The van der Waals surface area contributed by atoms with Crippen molar-refractivity contribution in [2.75, 3.05) is 6.54 Å². The summed E-state index contributed by atoms with van der Waals surface area (Å²) < 4.78 is 0. The molecule has 0 radical (unpaired) electrons. The summed E-state index contributed by atoms with van der Waals surface area (Å²) in [6.07, 6.45) is 2.01. The highest BCUT2D eigenvalue weighted by atomic mass is 16.2. The molecule has 1 aromatic carbocycles. The standard InChI is InChI=1S/C19H27N3O3/c1-6-7-13-8-10-14(11-9-13)19(5)16(24)22(17(25)21-19)12-15(23)20-18(2,3)4/h8-11H,6-7,12H2,1-5H3,(H,20,23)(H,21,25). The van der Waals surface area contributed by atoms with E-state index < -0.39 is 23.0 Å². The molecule has 1 unspecified atom stereocenters. The molecule has 0 spiro atoms. The predicted octanol–water partition coefficient (Wildman–Crippen LogP) is 2.32. The zero-order valence-electron chi connectivity index (χ0n) is 15.6. The Labute approximate surface area is 149 Å². The maximum Gasteiger partial charge on any atom is 0.325 e. The molecule has 1 heterocycles. The van der Waals surface area contributed by atoms with Gasteiger partial charge < -0.3 is 10.6 Å². The van der Waals surface area contributed by atoms with Crippen LogP contribution in [0.2, 0.25) is 0 Å². The monoisotopic (exact) mass is 345 g/mol. The Balaban J connectivity index is 2.17. The van der Waals surface area contributed by atoms with Gasteiger partial charge in [0.15, 0.2) is 0 Å². The van der Waals surface area contributed by atoms with Crippen LogP contribution in [-0.4, -0.2) is 34.8 Å². The highest BCUT2D eigenvalue weighted by Gasteiger charge is 2.49. The third kappa shape index (κ3) is 4.18. The molecule has 1 fully saturated rings. The Morgan fingerprint density at radius 1 is 1.20 bits per heavy atom. The van der Waals surface area contributed by atoms with E-state index in [0.29, 0.717) is 5.56 Å². The van der Waals surface area contributed by atoms with Crippen LogP contribution in [0.4, 0.5) is 4.79 Å². The van der Waals surface area contributed by atoms with Crippen molar-refractivity contribution in [3.63, 3.8) is 0 Å². The molecular weight excluding hydrogens is 318 g/mol. The van der Waals surface area contributed by atoms with Gasteiger partial charge in [-0.2, -0.15) is 0 Å². The zero-order valence-corrected chi connectivity index (χ0v) is 15.6. The Bertz CT molecular complexity index is 676. The number of rotatable bonds is 5. The summed E-state index contributed by atoms with van der Waals surface area (Å²) in [6.45, 7) is 9.03. The number of amides is 4. The minimum Gasteiger partial charge on any atom is -0.350 e. The van der Waals surface area contributed by atoms with Crippen LogP contribution < -0.4 is 10.6 Å². The lowest BCUT2D eigenvalue weighted by molar-refractivity contribution is -0.135. The van der Waals surface area contributed by atoms with Crippen molar-refractivity contribution in [3.8, 4) is 0 Å². The molecule has 2 N–H and O–H groups in total. The molecule has 0 bridgehead atoms. The molecule has 1 atom stereocenters.